The lowest BCUT2D eigenvalue weighted by molar-refractivity contribution is 0.192. The Balaban J connectivity index is 2.19. The molecule has 2 nitrogen and oxygen atoms in total. The monoisotopic (exact) mass is 210 g/mol. The van der Waals surface area contributed by atoms with Crippen molar-refractivity contribution in [3.05, 3.63) is 22.4 Å². The molecule has 1 aromatic rings. The zero-order chi connectivity index (χ0) is 10.0. The fraction of sp³-hybridized carbons (Fsp3) is 0.636. The van der Waals surface area contributed by atoms with Gasteiger partial charge in [-0.05, 0) is 55.4 Å². The number of nitrogens with zero attached hydrogens (tertiary/aromatic N) is 1. The van der Waals surface area contributed by atoms with Crippen LogP contribution in [0.25, 0.3) is 0 Å². The van der Waals surface area contributed by atoms with E-state index >= 15 is 0 Å². The van der Waals surface area contributed by atoms with Gasteiger partial charge in [0.05, 0.1) is 0 Å². The van der Waals surface area contributed by atoms with Crippen LogP contribution in [-0.2, 0) is 5.41 Å². The average Bonchev–Trinajstić information content (AvgIpc) is 2.73. The number of likely N-dealkylation sites (tertiary alicyclic amines) is 1. The number of rotatable bonds is 2. The van der Waals surface area contributed by atoms with Gasteiger partial charge in [-0.2, -0.15) is 11.3 Å². The first-order valence-electron chi connectivity index (χ1n) is 5.18. The fourth-order valence-corrected chi connectivity index (χ4v) is 3.00. The molecule has 0 spiro atoms. The molecule has 1 saturated heterocycles. The highest BCUT2D eigenvalue weighted by molar-refractivity contribution is 7.08. The minimum absolute atomic E-state index is 0.270. The van der Waals surface area contributed by atoms with Crippen LogP contribution in [0, 0.1) is 0 Å². The third kappa shape index (κ3) is 1.72. The van der Waals surface area contributed by atoms with Crippen LogP contribution < -0.4 is 5.73 Å². The lowest BCUT2D eigenvalue weighted by atomic mass is 9.74. The van der Waals surface area contributed by atoms with Crippen LogP contribution in [0.5, 0.6) is 0 Å². The molecule has 3 heteroatoms. The Bertz CT molecular complexity index is 273. The maximum atomic E-state index is 5.96. The topological polar surface area (TPSA) is 29.3 Å². The summed E-state index contributed by atoms with van der Waals surface area (Å²) in [6.07, 6.45) is 2.41. The van der Waals surface area contributed by atoms with Crippen LogP contribution >= 0.6 is 11.3 Å². The van der Waals surface area contributed by atoms with E-state index in [0.29, 0.717) is 0 Å². The van der Waals surface area contributed by atoms with Gasteiger partial charge in [0.25, 0.3) is 0 Å². The molecule has 14 heavy (non-hydrogen) atoms. The molecule has 78 valence electrons. The van der Waals surface area contributed by atoms with Crippen molar-refractivity contribution in [1.82, 2.24) is 4.90 Å². The van der Waals surface area contributed by atoms with Gasteiger partial charge in [-0.25, -0.2) is 0 Å². The summed E-state index contributed by atoms with van der Waals surface area (Å²) in [5.74, 6) is 0. The predicted octanol–water partition coefficient (Wildman–Crippen LogP) is 1.67. The Morgan fingerprint density at radius 1 is 1.50 bits per heavy atom. The Hall–Kier alpha value is -0.380. The third-order valence-electron chi connectivity index (χ3n) is 3.47. The van der Waals surface area contributed by atoms with E-state index in [1.54, 1.807) is 11.3 Å². The predicted molar refractivity (Wildman–Crippen MR) is 61.8 cm³/mol. The summed E-state index contributed by atoms with van der Waals surface area (Å²) in [7, 11) is 2.19. The molecule has 0 bridgehead atoms. The van der Waals surface area contributed by atoms with Crippen LogP contribution in [0.3, 0.4) is 0 Å². The van der Waals surface area contributed by atoms with Crippen molar-refractivity contribution in [1.29, 1.82) is 0 Å². The molecule has 1 aliphatic heterocycles. The smallest absolute Gasteiger partial charge is 0.0108 e. The Labute approximate surface area is 89.7 Å². The summed E-state index contributed by atoms with van der Waals surface area (Å²) in [6, 6.07) is 2.24. The first-order valence-corrected chi connectivity index (χ1v) is 6.12. The summed E-state index contributed by atoms with van der Waals surface area (Å²) >= 11 is 1.78. The Morgan fingerprint density at radius 3 is 2.71 bits per heavy atom. The molecular formula is C11H18N2S. The van der Waals surface area contributed by atoms with Crippen LogP contribution in [0.4, 0.5) is 0 Å². The van der Waals surface area contributed by atoms with Crippen molar-refractivity contribution in [2.75, 3.05) is 26.7 Å². The highest BCUT2D eigenvalue weighted by atomic mass is 32.1. The maximum absolute atomic E-state index is 5.96. The van der Waals surface area contributed by atoms with Crippen molar-refractivity contribution in [3.63, 3.8) is 0 Å². The fourth-order valence-electron chi connectivity index (χ4n) is 2.22. The second-order valence-electron chi connectivity index (χ2n) is 4.30. The SMILES string of the molecule is CN1CCC(CN)(c2ccsc2)CC1. The standard InChI is InChI=1S/C11H18N2S/c1-13-5-3-11(9-12,4-6-13)10-2-7-14-8-10/h2,7-8H,3-6,9,12H2,1H3. The van der Waals surface area contributed by atoms with E-state index in [0.717, 1.165) is 6.54 Å². The van der Waals surface area contributed by atoms with Crippen molar-refractivity contribution in [2.24, 2.45) is 5.73 Å². The van der Waals surface area contributed by atoms with Gasteiger partial charge in [-0.1, -0.05) is 0 Å². The molecule has 2 heterocycles. The quantitative estimate of drug-likeness (QED) is 0.804. The number of thiophene rings is 1. The molecule has 0 unspecified atom stereocenters. The van der Waals surface area contributed by atoms with Gasteiger partial charge in [0.15, 0.2) is 0 Å². The minimum Gasteiger partial charge on any atom is -0.330 e. The number of hydrogen-bond acceptors (Lipinski definition) is 3. The lowest BCUT2D eigenvalue weighted by Gasteiger charge is -2.39. The van der Waals surface area contributed by atoms with Crippen molar-refractivity contribution in [2.45, 2.75) is 18.3 Å². The maximum Gasteiger partial charge on any atom is 0.0108 e. The normalized spacial score (nSPS) is 22.4. The van der Waals surface area contributed by atoms with Gasteiger partial charge in [0.1, 0.15) is 0 Å². The molecule has 0 aliphatic carbocycles. The van der Waals surface area contributed by atoms with Gasteiger partial charge in [0, 0.05) is 12.0 Å². The molecule has 0 amide bonds. The number of nitrogens with two attached hydrogens (primary N) is 1. The molecule has 0 aromatic carbocycles. The highest BCUT2D eigenvalue weighted by Gasteiger charge is 2.34. The summed E-state index contributed by atoms with van der Waals surface area (Å²) in [5.41, 5.74) is 7.69. The number of hydrogen-bond donors (Lipinski definition) is 1. The van der Waals surface area contributed by atoms with E-state index in [-0.39, 0.29) is 5.41 Å². The van der Waals surface area contributed by atoms with Gasteiger partial charge in [0.2, 0.25) is 0 Å². The largest absolute Gasteiger partial charge is 0.330 e. The van der Waals surface area contributed by atoms with E-state index in [4.69, 9.17) is 5.73 Å². The highest BCUT2D eigenvalue weighted by Crippen LogP contribution is 2.35. The molecule has 1 aliphatic rings. The van der Waals surface area contributed by atoms with Crippen LogP contribution in [0.15, 0.2) is 16.8 Å². The summed E-state index contributed by atoms with van der Waals surface area (Å²) in [4.78, 5) is 2.39. The van der Waals surface area contributed by atoms with Gasteiger partial charge in [-0.3, -0.25) is 0 Å². The molecular weight excluding hydrogens is 192 g/mol. The average molecular weight is 210 g/mol. The van der Waals surface area contributed by atoms with Gasteiger partial charge >= 0.3 is 0 Å². The van der Waals surface area contributed by atoms with E-state index < -0.39 is 0 Å². The Morgan fingerprint density at radius 2 is 2.21 bits per heavy atom. The van der Waals surface area contributed by atoms with E-state index in [2.05, 4.69) is 28.8 Å². The van der Waals surface area contributed by atoms with Crippen LogP contribution in [-0.4, -0.2) is 31.6 Å². The molecule has 1 fully saturated rings. The van der Waals surface area contributed by atoms with Crippen molar-refractivity contribution >= 4 is 11.3 Å². The Kier molecular flexibility index (Phi) is 2.91. The first-order chi connectivity index (χ1) is 6.77. The van der Waals surface area contributed by atoms with Gasteiger partial charge < -0.3 is 10.6 Å². The molecule has 1 aromatic heterocycles. The van der Waals surface area contributed by atoms with Crippen molar-refractivity contribution in [3.8, 4) is 0 Å². The second-order valence-corrected chi connectivity index (χ2v) is 5.08. The molecule has 2 rings (SSSR count). The molecule has 0 atom stereocenters. The zero-order valence-electron chi connectivity index (χ0n) is 8.70. The number of piperidine rings is 1. The second kappa shape index (κ2) is 4.01. The molecule has 0 saturated carbocycles. The minimum atomic E-state index is 0.270. The van der Waals surface area contributed by atoms with Crippen LogP contribution in [0.1, 0.15) is 18.4 Å². The first kappa shape index (κ1) is 10.1. The zero-order valence-corrected chi connectivity index (χ0v) is 9.52. The summed E-state index contributed by atoms with van der Waals surface area (Å²) in [6.45, 7) is 3.14. The molecule has 2 N–H and O–H groups in total. The van der Waals surface area contributed by atoms with Crippen molar-refractivity contribution < 1.29 is 0 Å². The third-order valence-corrected chi connectivity index (χ3v) is 4.15. The van der Waals surface area contributed by atoms with E-state index in [1.807, 2.05) is 0 Å². The van der Waals surface area contributed by atoms with Crippen LogP contribution in [0.2, 0.25) is 0 Å². The van der Waals surface area contributed by atoms with E-state index in [1.165, 1.54) is 31.5 Å². The van der Waals surface area contributed by atoms with Gasteiger partial charge in [-0.15, -0.1) is 0 Å². The lowest BCUT2D eigenvalue weighted by Crippen LogP contribution is -2.45. The molecule has 0 radical (unpaired) electrons. The summed E-state index contributed by atoms with van der Waals surface area (Å²) in [5, 5.41) is 4.42. The summed E-state index contributed by atoms with van der Waals surface area (Å²) < 4.78 is 0. The van der Waals surface area contributed by atoms with E-state index in [9.17, 15) is 0 Å².